The van der Waals surface area contributed by atoms with Crippen LogP contribution in [0.15, 0.2) is 0 Å². The normalized spacial score (nSPS) is 45.7. The number of carbonyl (C=O) groups excluding carboxylic acids is 6. The Balaban J connectivity index is 1.94. The molecule has 8 nitrogen and oxygen atoms in total. The quantitative estimate of drug-likeness (QED) is 0.425. The van der Waals surface area contributed by atoms with Crippen molar-refractivity contribution in [2.45, 2.75) is 99.2 Å². The fourth-order valence-electron chi connectivity index (χ4n) is 8.75. The Morgan fingerprint density at radius 3 is 2.14 bits per heavy atom. The van der Waals surface area contributed by atoms with Crippen LogP contribution in [0.4, 0.5) is 0 Å². The van der Waals surface area contributed by atoms with E-state index in [1.165, 1.54) is 20.8 Å². The maximum Gasteiger partial charge on any atom is 0.312 e. The Hall–Kier alpha value is -2.38. The Bertz CT molecular complexity index is 1090. The van der Waals surface area contributed by atoms with Crippen molar-refractivity contribution in [3.63, 3.8) is 0 Å². The van der Waals surface area contributed by atoms with Crippen LogP contribution in [0.3, 0.4) is 0 Å². The number of cyclic esters (lactones) is 1. The Morgan fingerprint density at radius 1 is 0.972 bits per heavy atom. The molecule has 1 aliphatic heterocycles. The number of rotatable bonds is 3. The summed E-state index contributed by atoms with van der Waals surface area (Å²) in [7, 11) is 0. The maximum absolute atomic E-state index is 14.0. The lowest BCUT2D eigenvalue weighted by Gasteiger charge is -2.68. The van der Waals surface area contributed by atoms with Gasteiger partial charge < -0.3 is 9.47 Å². The van der Waals surface area contributed by atoms with Gasteiger partial charge in [0.15, 0.2) is 11.6 Å². The maximum atomic E-state index is 14.0. The van der Waals surface area contributed by atoms with Crippen LogP contribution in [0.5, 0.6) is 0 Å². The molecular formula is C28H38O8. The van der Waals surface area contributed by atoms with Crippen molar-refractivity contribution in [3.8, 4) is 0 Å². The third-order valence-corrected chi connectivity index (χ3v) is 10.7. The third kappa shape index (κ3) is 3.05. The first kappa shape index (κ1) is 26.7. The lowest BCUT2D eigenvalue weighted by atomic mass is 9.35. The molecule has 1 heterocycles. The second kappa shape index (κ2) is 7.81. The van der Waals surface area contributed by atoms with E-state index in [2.05, 4.69) is 6.92 Å². The summed E-state index contributed by atoms with van der Waals surface area (Å²) in [6, 6.07) is 0. The number of ether oxygens (including phenoxy) is 2. The zero-order valence-electron chi connectivity index (χ0n) is 22.6. The van der Waals surface area contributed by atoms with Gasteiger partial charge in [-0.3, -0.25) is 28.8 Å². The van der Waals surface area contributed by atoms with Crippen molar-refractivity contribution in [3.05, 3.63) is 0 Å². The molecule has 0 N–H and O–H groups in total. The molecule has 4 aliphatic rings. The Morgan fingerprint density at radius 2 is 1.58 bits per heavy atom. The average molecular weight is 503 g/mol. The van der Waals surface area contributed by atoms with Crippen LogP contribution in [0, 0.1) is 39.4 Å². The SMILES string of the molecule is CCC(=O)C1(C)OC(=O)C2C(C)(C(=O)CC3C4(C)CCC(=O)C(C)(C)C4CC(OC(C)=O)C23C)C1=O. The standard InChI is InChI=1S/C28H38O8/c1-9-17(30)28(8)23(34)27(7)19(32)12-16-25(5)11-10-18(31)24(3,4)15(25)13-20(35-14(2)29)26(16,6)21(27)22(33)36-28/h15-16,20-21H,9-13H2,1-8H3. The summed E-state index contributed by atoms with van der Waals surface area (Å²) in [6.45, 7) is 13.3. The van der Waals surface area contributed by atoms with E-state index in [0.717, 1.165) is 0 Å². The molecule has 8 unspecified atom stereocenters. The first-order valence-electron chi connectivity index (χ1n) is 13.0. The minimum Gasteiger partial charge on any atom is -0.462 e. The van der Waals surface area contributed by atoms with Crippen LogP contribution >= 0.6 is 0 Å². The minimum atomic E-state index is -2.03. The van der Waals surface area contributed by atoms with Crippen LogP contribution in [-0.2, 0) is 38.2 Å². The molecule has 36 heavy (non-hydrogen) atoms. The number of fused-ring (bicyclic) bond motifs is 5. The molecule has 3 saturated carbocycles. The highest BCUT2D eigenvalue weighted by Gasteiger charge is 2.77. The van der Waals surface area contributed by atoms with E-state index in [1.807, 2.05) is 20.8 Å². The summed E-state index contributed by atoms with van der Waals surface area (Å²) < 4.78 is 11.5. The van der Waals surface area contributed by atoms with E-state index >= 15 is 0 Å². The molecule has 4 fully saturated rings. The van der Waals surface area contributed by atoms with Crippen molar-refractivity contribution in [1.29, 1.82) is 0 Å². The highest BCUT2D eigenvalue weighted by atomic mass is 16.6. The van der Waals surface area contributed by atoms with E-state index in [0.29, 0.717) is 19.3 Å². The number of hydrogen-bond donors (Lipinski definition) is 0. The summed E-state index contributed by atoms with van der Waals surface area (Å²) >= 11 is 0. The smallest absolute Gasteiger partial charge is 0.312 e. The van der Waals surface area contributed by atoms with Crippen LogP contribution < -0.4 is 0 Å². The molecular weight excluding hydrogens is 464 g/mol. The van der Waals surface area contributed by atoms with Gasteiger partial charge in [0.2, 0.25) is 5.60 Å². The van der Waals surface area contributed by atoms with E-state index in [9.17, 15) is 28.8 Å². The van der Waals surface area contributed by atoms with E-state index < -0.39 is 74.5 Å². The summed E-state index contributed by atoms with van der Waals surface area (Å²) in [5.74, 6) is -4.69. The van der Waals surface area contributed by atoms with Gasteiger partial charge in [0.05, 0.1) is 5.92 Å². The van der Waals surface area contributed by atoms with Crippen LogP contribution in [0.25, 0.3) is 0 Å². The Labute approximate surface area is 212 Å². The van der Waals surface area contributed by atoms with Gasteiger partial charge in [-0.05, 0) is 43.9 Å². The average Bonchev–Trinajstić information content (AvgIpc) is 2.78. The largest absolute Gasteiger partial charge is 0.462 e. The van der Waals surface area contributed by atoms with Gasteiger partial charge >= 0.3 is 11.9 Å². The van der Waals surface area contributed by atoms with Gasteiger partial charge in [0.1, 0.15) is 23.1 Å². The first-order valence-corrected chi connectivity index (χ1v) is 13.0. The minimum absolute atomic E-state index is 0.00600. The lowest BCUT2D eigenvalue weighted by molar-refractivity contribution is -0.250. The van der Waals surface area contributed by atoms with Gasteiger partial charge in [-0.1, -0.05) is 34.6 Å². The fourth-order valence-corrected chi connectivity index (χ4v) is 8.75. The molecule has 8 atom stereocenters. The zero-order chi connectivity index (χ0) is 27.2. The number of esters is 2. The highest BCUT2D eigenvalue weighted by molar-refractivity contribution is 6.24. The summed E-state index contributed by atoms with van der Waals surface area (Å²) in [4.78, 5) is 79.7. The number of ketones is 4. The predicted octanol–water partition coefficient (Wildman–Crippen LogP) is 3.41. The van der Waals surface area contributed by atoms with Gasteiger partial charge in [-0.15, -0.1) is 0 Å². The third-order valence-electron chi connectivity index (χ3n) is 10.7. The highest BCUT2D eigenvalue weighted by Crippen LogP contribution is 2.71. The van der Waals surface area contributed by atoms with Crippen molar-refractivity contribution in [2.75, 3.05) is 0 Å². The topological polar surface area (TPSA) is 121 Å². The van der Waals surface area contributed by atoms with Gasteiger partial charge in [0.25, 0.3) is 0 Å². The second-order valence-electron chi connectivity index (χ2n) is 12.8. The molecule has 0 radical (unpaired) electrons. The van der Waals surface area contributed by atoms with Crippen molar-refractivity contribution < 1.29 is 38.2 Å². The number of Topliss-reactive ketones (excluding diaryl/α,β-unsaturated/α-hetero) is 4. The first-order chi connectivity index (χ1) is 16.4. The molecule has 0 aromatic rings. The number of carbonyl (C=O) groups is 6. The molecule has 4 rings (SSSR count). The molecule has 8 heteroatoms. The molecule has 3 aliphatic carbocycles. The zero-order valence-corrected chi connectivity index (χ0v) is 22.6. The summed E-state index contributed by atoms with van der Waals surface area (Å²) in [5.41, 5.74) is -6.15. The van der Waals surface area contributed by atoms with Crippen molar-refractivity contribution >= 4 is 35.1 Å². The lowest BCUT2D eigenvalue weighted by Crippen LogP contribution is -2.75. The number of hydrogen-bond acceptors (Lipinski definition) is 8. The second-order valence-corrected chi connectivity index (χ2v) is 12.8. The van der Waals surface area contributed by atoms with Crippen molar-refractivity contribution in [1.82, 2.24) is 0 Å². The molecule has 0 aromatic heterocycles. The molecule has 198 valence electrons. The Kier molecular flexibility index (Phi) is 5.79. The molecule has 0 aromatic carbocycles. The molecule has 0 amide bonds. The fraction of sp³-hybridized carbons (Fsp3) is 0.786. The summed E-state index contributed by atoms with van der Waals surface area (Å²) in [5, 5.41) is 0. The van der Waals surface area contributed by atoms with Crippen LogP contribution in [0.1, 0.15) is 87.5 Å². The van der Waals surface area contributed by atoms with E-state index in [4.69, 9.17) is 9.47 Å². The van der Waals surface area contributed by atoms with Gasteiger partial charge in [-0.2, -0.15) is 0 Å². The van der Waals surface area contributed by atoms with Gasteiger partial charge in [0, 0.05) is 37.0 Å². The van der Waals surface area contributed by atoms with Crippen LogP contribution in [-0.4, -0.2) is 46.8 Å². The summed E-state index contributed by atoms with van der Waals surface area (Å²) in [6.07, 6.45) is 0.380. The molecule has 0 bridgehead atoms. The van der Waals surface area contributed by atoms with Crippen molar-refractivity contribution in [2.24, 2.45) is 39.4 Å². The monoisotopic (exact) mass is 502 g/mol. The molecule has 1 saturated heterocycles. The van der Waals surface area contributed by atoms with Gasteiger partial charge in [-0.25, -0.2) is 0 Å². The predicted molar refractivity (Wildman–Crippen MR) is 127 cm³/mol. The van der Waals surface area contributed by atoms with E-state index in [-0.39, 0.29) is 24.5 Å². The molecule has 0 spiro atoms. The van der Waals surface area contributed by atoms with Crippen LogP contribution in [0.2, 0.25) is 0 Å². The van der Waals surface area contributed by atoms with E-state index in [1.54, 1.807) is 6.92 Å².